The van der Waals surface area contributed by atoms with Crippen molar-refractivity contribution < 1.29 is 14.6 Å². The molecule has 0 spiro atoms. The number of carboxylic acid groups (broad SMARTS) is 1. The van der Waals surface area contributed by atoms with Crippen LogP contribution in [0.15, 0.2) is 60.9 Å². The number of ether oxygens (including phenoxy) is 1. The number of aromatic nitrogens is 2. The molecule has 0 atom stereocenters. The summed E-state index contributed by atoms with van der Waals surface area (Å²) in [4.78, 5) is 19.3. The summed E-state index contributed by atoms with van der Waals surface area (Å²) in [6, 6.07) is 14.2. The van der Waals surface area contributed by atoms with Gasteiger partial charge in [-0.15, -0.1) is 0 Å². The Kier molecular flexibility index (Phi) is 4.38. The Morgan fingerprint density at radius 3 is 2.38 bits per heavy atom. The maximum absolute atomic E-state index is 11.0. The summed E-state index contributed by atoms with van der Waals surface area (Å²) in [6.07, 6.45) is 3.33. The van der Waals surface area contributed by atoms with Gasteiger partial charge >= 0.3 is 12.0 Å². The molecule has 0 saturated carbocycles. The van der Waals surface area contributed by atoms with Crippen molar-refractivity contribution in [3.05, 3.63) is 66.5 Å². The van der Waals surface area contributed by atoms with Crippen molar-refractivity contribution >= 4 is 11.7 Å². The molecule has 3 rings (SSSR count). The van der Waals surface area contributed by atoms with Crippen LogP contribution >= 0.6 is 0 Å². The van der Waals surface area contributed by atoms with E-state index in [4.69, 9.17) is 9.84 Å². The number of hydrogen-bond acceptors (Lipinski definition) is 5. The van der Waals surface area contributed by atoms with Gasteiger partial charge < -0.3 is 15.2 Å². The molecular formula is C18H15N3O3. The average molecular weight is 321 g/mol. The number of rotatable bonds is 5. The Hall–Kier alpha value is -3.41. The summed E-state index contributed by atoms with van der Waals surface area (Å²) < 4.78 is 5.50. The van der Waals surface area contributed by atoms with E-state index in [2.05, 4.69) is 15.3 Å². The van der Waals surface area contributed by atoms with E-state index in [-0.39, 0.29) is 11.6 Å². The van der Waals surface area contributed by atoms with Crippen molar-refractivity contribution in [2.24, 2.45) is 0 Å². The van der Waals surface area contributed by atoms with Gasteiger partial charge in [-0.25, -0.2) is 14.8 Å². The highest BCUT2D eigenvalue weighted by Gasteiger charge is 2.06. The second-order valence-electron chi connectivity index (χ2n) is 5.02. The first kappa shape index (κ1) is 15.5. The highest BCUT2D eigenvalue weighted by atomic mass is 16.5. The summed E-state index contributed by atoms with van der Waals surface area (Å²) in [5, 5.41) is 12.0. The van der Waals surface area contributed by atoms with Crippen molar-refractivity contribution in [1.82, 2.24) is 9.97 Å². The molecule has 0 aliphatic rings. The van der Waals surface area contributed by atoms with E-state index in [1.165, 1.54) is 12.1 Å². The molecule has 6 nitrogen and oxygen atoms in total. The molecule has 0 radical (unpaired) electrons. The summed E-state index contributed by atoms with van der Waals surface area (Å²) in [5.41, 5.74) is 3.03. The Bertz CT molecular complexity index is 846. The molecule has 0 aliphatic heterocycles. The number of carbonyl (C=O) groups is 1. The van der Waals surface area contributed by atoms with Crippen molar-refractivity contribution in [2.45, 2.75) is 0 Å². The van der Waals surface area contributed by atoms with E-state index < -0.39 is 5.97 Å². The highest BCUT2D eigenvalue weighted by molar-refractivity contribution is 5.88. The zero-order chi connectivity index (χ0) is 16.9. The van der Waals surface area contributed by atoms with Gasteiger partial charge in [-0.1, -0.05) is 18.2 Å². The van der Waals surface area contributed by atoms with Gasteiger partial charge in [-0.3, -0.25) is 0 Å². The molecule has 2 aromatic carbocycles. The van der Waals surface area contributed by atoms with Crippen molar-refractivity contribution in [3.8, 4) is 22.9 Å². The smallest absolute Gasteiger partial charge is 0.335 e. The third-order valence-electron chi connectivity index (χ3n) is 3.43. The van der Waals surface area contributed by atoms with Crippen LogP contribution in [0.4, 0.5) is 5.69 Å². The quantitative estimate of drug-likeness (QED) is 0.746. The second-order valence-corrected chi connectivity index (χ2v) is 5.02. The summed E-state index contributed by atoms with van der Waals surface area (Å²) >= 11 is 0. The van der Waals surface area contributed by atoms with E-state index in [1.54, 1.807) is 24.5 Å². The zero-order valence-electron chi connectivity index (χ0n) is 12.9. The van der Waals surface area contributed by atoms with Crippen LogP contribution in [-0.4, -0.2) is 28.1 Å². The Morgan fingerprint density at radius 2 is 1.75 bits per heavy atom. The molecule has 0 amide bonds. The normalized spacial score (nSPS) is 10.2. The van der Waals surface area contributed by atoms with Gasteiger partial charge in [0.15, 0.2) is 0 Å². The lowest BCUT2D eigenvalue weighted by atomic mass is 10.1. The maximum atomic E-state index is 11.0. The monoisotopic (exact) mass is 321 g/mol. The van der Waals surface area contributed by atoms with Crippen LogP contribution in [0, 0.1) is 0 Å². The fourth-order valence-electron chi connectivity index (χ4n) is 2.15. The first-order valence-corrected chi connectivity index (χ1v) is 7.27. The molecule has 1 heterocycles. The predicted molar refractivity (Wildman–Crippen MR) is 90.5 cm³/mol. The van der Waals surface area contributed by atoms with Crippen LogP contribution in [0.25, 0.3) is 11.1 Å². The topological polar surface area (TPSA) is 84.3 Å². The third kappa shape index (κ3) is 3.49. The number of aromatic carboxylic acids is 1. The van der Waals surface area contributed by atoms with Gasteiger partial charge in [0.1, 0.15) is 5.75 Å². The summed E-state index contributed by atoms with van der Waals surface area (Å²) in [6.45, 7) is 0. The molecular weight excluding hydrogens is 306 g/mol. The Labute approximate surface area is 138 Å². The molecule has 0 bridgehead atoms. The van der Waals surface area contributed by atoms with Crippen LogP contribution in [-0.2, 0) is 0 Å². The molecule has 0 unspecified atom stereocenters. The zero-order valence-corrected chi connectivity index (χ0v) is 12.9. The van der Waals surface area contributed by atoms with Crippen LogP contribution < -0.4 is 10.1 Å². The molecule has 24 heavy (non-hydrogen) atoms. The predicted octanol–water partition coefficient (Wildman–Crippen LogP) is 3.68. The first-order chi connectivity index (χ1) is 11.7. The lowest BCUT2D eigenvalue weighted by molar-refractivity contribution is 0.0696. The molecule has 1 aromatic heterocycles. The molecule has 0 fully saturated rings. The van der Waals surface area contributed by atoms with Gasteiger partial charge in [0.25, 0.3) is 0 Å². The fraction of sp³-hybridized carbons (Fsp3) is 0.0556. The van der Waals surface area contributed by atoms with E-state index in [0.717, 1.165) is 16.8 Å². The molecule has 3 aromatic rings. The van der Waals surface area contributed by atoms with Crippen molar-refractivity contribution in [1.29, 1.82) is 0 Å². The van der Waals surface area contributed by atoms with E-state index in [1.807, 2.05) is 31.3 Å². The minimum atomic E-state index is -1.01. The van der Waals surface area contributed by atoms with Crippen LogP contribution in [0.5, 0.6) is 11.8 Å². The molecule has 0 aliphatic carbocycles. The molecule has 6 heteroatoms. The largest absolute Gasteiger partial charge is 0.478 e. The fourth-order valence-corrected chi connectivity index (χ4v) is 2.15. The number of hydrogen-bond donors (Lipinski definition) is 2. The highest BCUT2D eigenvalue weighted by Crippen LogP contribution is 2.23. The van der Waals surface area contributed by atoms with Crippen molar-refractivity contribution in [2.75, 3.05) is 12.4 Å². The molecule has 2 N–H and O–H groups in total. The average Bonchev–Trinajstić information content (AvgIpc) is 2.63. The minimum absolute atomic E-state index is 0.147. The molecule has 0 saturated heterocycles. The summed E-state index contributed by atoms with van der Waals surface area (Å²) in [5.74, 6) is -0.636. The minimum Gasteiger partial charge on any atom is -0.478 e. The lowest BCUT2D eigenvalue weighted by Gasteiger charge is -2.06. The number of nitrogens with one attached hydrogen (secondary N) is 1. The molecule has 120 valence electrons. The van der Waals surface area contributed by atoms with Gasteiger partial charge in [0.05, 0.1) is 5.56 Å². The number of nitrogens with zero attached hydrogens (tertiary/aromatic N) is 2. The first-order valence-electron chi connectivity index (χ1n) is 7.27. The van der Waals surface area contributed by atoms with Crippen LogP contribution in [0.1, 0.15) is 10.4 Å². The summed E-state index contributed by atoms with van der Waals surface area (Å²) in [7, 11) is 1.86. The Balaban J connectivity index is 1.76. The Morgan fingerprint density at radius 1 is 1.04 bits per heavy atom. The van der Waals surface area contributed by atoms with Crippen molar-refractivity contribution in [3.63, 3.8) is 0 Å². The second kappa shape index (κ2) is 6.78. The van der Waals surface area contributed by atoms with Gasteiger partial charge in [0, 0.05) is 30.7 Å². The number of anilines is 1. The van der Waals surface area contributed by atoms with Crippen LogP contribution in [0.2, 0.25) is 0 Å². The SMILES string of the molecule is CNc1ccc(-c2cnc(Oc3cccc(C(=O)O)c3)nc2)cc1. The van der Waals surface area contributed by atoms with E-state index in [9.17, 15) is 4.79 Å². The van der Waals surface area contributed by atoms with Crippen LogP contribution in [0.3, 0.4) is 0 Å². The van der Waals surface area contributed by atoms with E-state index >= 15 is 0 Å². The number of carboxylic acids is 1. The van der Waals surface area contributed by atoms with Gasteiger partial charge in [-0.2, -0.15) is 0 Å². The lowest BCUT2D eigenvalue weighted by Crippen LogP contribution is -1.97. The van der Waals surface area contributed by atoms with Gasteiger partial charge in [-0.05, 0) is 35.9 Å². The maximum Gasteiger partial charge on any atom is 0.335 e. The number of benzene rings is 2. The van der Waals surface area contributed by atoms with Gasteiger partial charge in [0.2, 0.25) is 0 Å². The van der Waals surface area contributed by atoms with E-state index in [0.29, 0.717) is 5.75 Å². The standard InChI is InChI=1S/C18H15N3O3/c1-19-15-7-5-12(6-8-15)14-10-20-18(21-11-14)24-16-4-2-3-13(9-16)17(22)23/h2-11,19H,1H3,(H,22,23). The third-order valence-corrected chi connectivity index (χ3v) is 3.43.